The topological polar surface area (TPSA) is 202 Å². The van der Waals surface area contributed by atoms with E-state index >= 15 is 4.39 Å². The Morgan fingerprint density at radius 2 is 1.66 bits per heavy atom. The first-order chi connectivity index (χ1) is 30.2. The molecule has 4 aliphatic heterocycles. The number of morpholine rings is 1. The SMILES string of the molecule is N#Cc1cnn2cc(-c3cnn(C4CCC(N5CCN(c6ccc(NC7CCC(=O)NC7=O)cc6F)CC5)CC4)c3)nc(-c3ccc(N4C[C@H]5COC[C@@H](C4)N5C(=O)O)nc3)c12. The third-order valence-corrected chi connectivity index (χ3v) is 13.1. The predicted octanol–water partition coefficient (Wildman–Crippen LogP) is 3.76. The van der Waals surface area contributed by atoms with Crippen molar-refractivity contribution < 1.29 is 28.6 Å². The second-order valence-corrected chi connectivity index (χ2v) is 16.8. The Morgan fingerprint density at radius 1 is 0.887 bits per heavy atom. The highest BCUT2D eigenvalue weighted by molar-refractivity contribution is 6.01. The van der Waals surface area contributed by atoms with Gasteiger partial charge in [-0.15, -0.1) is 0 Å². The highest BCUT2D eigenvalue weighted by atomic mass is 19.1. The van der Waals surface area contributed by atoms with Crippen molar-refractivity contribution in [1.82, 2.24) is 44.5 Å². The van der Waals surface area contributed by atoms with Gasteiger partial charge in [0.2, 0.25) is 11.8 Å². The van der Waals surface area contributed by atoms with Gasteiger partial charge in [0.05, 0.1) is 67.0 Å². The number of ether oxygens (including phenoxy) is 1. The number of halogens is 1. The highest BCUT2D eigenvalue weighted by Gasteiger charge is 2.41. The lowest BCUT2D eigenvalue weighted by molar-refractivity contribution is -0.133. The number of piperazine rings is 2. The number of hydrogen-bond acceptors (Lipinski definition) is 13. The molecule has 4 saturated heterocycles. The fourth-order valence-corrected chi connectivity index (χ4v) is 9.88. The molecule has 3 amide bonds. The Kier molecular flexibility index (Phi) is 10.4. The van der Waals surface area contributed by atoms with E-state index in [1.807, 2.05) is 35.4 Å². The molecule has 1 saturated carbocycles. The van der Waals surface area contributed by atoms with Crippen LogP contribution in [0.5, 0.6) is 0 Å². The number of pyridine rings is 1. The minimum Gasteiger partial charge on any atom is -0.465 e. The number of benzene rings is 1. The molecule has 19 heteroatoms. The van der Waals surface area contributed by atoms with Crippen molar-refractivity contribution >= 4 is 40.6 Å². The lowest BCUT2D eigenvalue weighted by atomic mass is 9.90. The molecule has 0 radical (unpaired) electrons. The van der Waals surface area contributed by atoms with Gasteiger partial charge in [-0.25, -0.2) is 23.7 Å². The van der Waals surface area contributed by atoms with Gasteiger partial charge >= 0.3 is 6.09 Å². The first-order valence-corrected chi connectivity index (χ1v) is 21.2. The van der Waals surface area contributed by atoms with E-state index in [4.69, 9.17) is 19.8 Å². The summed E-state index contributed by atoms with van der Waals surface area (Å²) >= 11 is 0. The average Bonchev–Trinajstić information content (AvgIpc) is 3.95. The monoisotopic (exact) mass is 843 g/mol. The smallest absolute Gasteiger partial charge is 0.408 e. The molecule has 5 aromatic rings. The standard InChI is InChI=1S/C43H46FN13O5/c44-34-15-29(49-35-7-10-39(58)51-42(35)59)2-8-37(34)53-13-11-52(12-14-53)30-3-5-31(6-4-30)55-20-28(19-47-55)36-23-56-41(27(16-45)18-48-56)40(50-36)26-1-9-38(46-17-26)54-21-32-24-62-25-33(22-54)57(32)43(60)61/h1-2,8-9,15,17-20,23,30-33,35,49H,3-7,10-14,21-22,24-25H2,(H,60,61)(H,51,58,59)/t30?,31?,32-,33+,35?. The van der Waals surface area contributed by atoms with E-state index in [0.29, 0.717) is 85.7 Å². The number of nitriles is 1. The van der Waals surface area contributed by atoms with E-state index in [0.717, 1.165) is 55.7 Å². The number of rotatable bonds is 8. The predicted molar refractivity (Wildman–Crippen MR) is 224 cm³/mol. The van der Waals surface area contributed by atoms with Crippen molar-refractivity contribution in [3.63, 3.8) is 0 Å². The largest absolute Gasteiger partial charge is 0.465 e. The summed E-state index contributed by atoms with van der Waals surface area (Å²) in [5.74, 6) is -0.281. The molecule has 1 unspecified atom stereocenters. The number of anilines is 3. The summed E-state index contributed by atoms with van der Waals surface area (Å²) in [6, 6.07) is 10.6. The van der Waals surface area contributed by atoms with Gasteiger partial charge in [-0.2, -0.15) is 15.5 Å². The fourth-order valence-electron chi connectivity index (χ4n) is 9.88. The van der Waals surface area contributed by atoms with Crippen molar-refractivity contribution in [2.75, 3.05) is 67.6 Å². The first-order valence-electron chi connectivity index (χ1n) is 21.2. The van der Waals surface area contributed by atoms with Crippen LogP contribution in [0, 0.1) is 17.1 Å². The number of aromatic nitrogens is 6. The second-order valence-electron chi connectivity index (χ2n) is 16.8. The van der Waals surface area contributed by atoms with Crippen LogP contribution in [0.15, 0.2) is 61.3 Å². The maximum Gasteiger partial charge on any atom is 0.408 e. The molecule has 2 bridgehead atoms. The van der Waals surface area contributed by atoms with Gasteiger partial charge < -0.3 is 25.0 Å². The van der Waals surface area contributed by atoms with E-state index in [1.54, 1.807) is 22.8 Å². The van der Waals surface area contributed by atoms with Crippen molar-refractivity contribution in [3.05, 3.63) is 72.7 Å². The Balaban J connectivity index is 0.772. The lowest BCUT2D eigenvalue weighted by Gasteiger charge is -2.48. The summed E-state index contributed by atoms with van der Waals surface area (Å²) in [4.78, 5) is 53.6. The van der Waals surface area contributed by atoms with E-state index in [9.17, 15) is 24.8 Å². The van der Waals surface area contributed by atoms with Crippen LogP contribution >= 0.6 is 0 Å². The molecule has 18 nitrogen and oxygen atoms in total. The molecule has 5 aliphatic rings. The summed E-state index contributed by atoms with van der Waals surface area (Å²) < 4.78 is 24.7. The zero-order valence-corrected chi connectivity index (χ0v) is 33.9. The molecule has 8 heterocycles. The van der Waals surface area contributed by atoms with Gasteiger partial charge in [-0.05, 0) is 62.4 Å². The zero-order chi connectivity index (χ0) is 42.5. The maximum absolute atomic E-state index is 15.3. The van der Waals surface area contributed by atoms with Crippen LogP contribution in [0.2, 0.25) is 0 Å². The summed E-state index contributed by atoms with van der Waals surface area (Å²) in [6.07, 6.45) is 12.7. The quantitative estimate of drug-likeness (QED) is 0.191. The molecule has 4 aromatic heterocycles. The van der Waals surface area contributed by atoms with Crippen molar-refractivity contribution in [3.8, 4) is 28.6 Å². The average molecular weight is 844 g/mol. The first kappa shape index (κ1) is 39.5. The molecular weight excluding hydrogens is 798 g/mol. The molecule has 0 spiro atoms. The van der Waals surface area contributed by atoms with Crippen LogP contribution in [0.4, 0.5) is 26.4 Å². The number of carboxylic acid groups (broad SMARTS) is 1. The van der Waals surface area contributed by atoms with Crippen molar-refractivity contribution in [2.45, 2.75) is 68.7 Å². The Hall–Kier alpha value is -6.65. The van der Waals surface area contributed by atoms with Crippen LogP contribution < -0.4 is 20.4 Å². The summed E-state index contributed by atoms with van der Waals surface area (Å²) in [5, 5.41) is 34.4. The molecule has 10 rings (SSSR count). The molecule has 5 fully saturated rings. The normalized spacial score (nSPS) is 24.5. The van der Waals surface area contributed by atoms with E-state index in [-0.39, 0.29) is 42.2 Å². The van der Waals surface area contributed by atoms with Gasteiger partial charge in [0.15, 0.2) is 0 Å². The van der Waals surface area contributed by atoms with Crippen LogP contribution in [0.1, 0.15) is 50.1 Å². The number of hydrogen-bond donors (Lipinski definition) is 3. The van der Waals surface area contributed by atoms with E-state index in [2.05, 4.69) is 36.5 Å². The number of nitrogens with zero attached hydrogens (tertiary/aromatic N) is 11. The second kappa shape index (κ2) is 16.3. The fraction of sp³-hybridized carbons (Fsp3) is 0.442. The summed E-state index contributed by atoms with van der Waals surface area (Å²) in [7, 11) is 0. The molecule has 3 N–H and O–H groups in total. The summed E-state index contributed by atoms with van der Waals surface area (Å²) in [5.41, 5.74) is 4.84. The third kappa shape index (κ3) is 7.53. The third-order valence-electron chi connectivity index (χ3n) is 13.1. The van der Waals surface area contributed by atoms with E-state index < -0.39 is 12.1 Å². The number of imide groups is 1. The minimum absolute atomic E-state index is 0.237. The number of fused-ring (bicyclic) bond motifs is 3. The van der Waals surface area contributed by atoms with Crippen molar-refractivity contribution in [1.29, 1.82) is 5.26 Å². The maximum atomic E-state index is 15.3. The van der Waals surface area contributed by atoms with Gasteiger partial charge in [0, 0.05) is 80.9 Å². The zero-order valence-electron chi connectivity index (χ0n) is 33.9. The lowest BCUT2D eigenvalue weighted by Crippen LogP contribution is -2.66. The number of carbonyl (C=O) groups is 3. The minimum atomic E-state index is -0.930. The van der Waals surface area contributed by atoms with Crippen LogP contribution in [-0.2, 0) is 14.3 Å². The van der Waals surface area contributed by atoms with Crippen molar-refractivity contribution in [2.24, 2.45) is 0 Å². The Morgan fingerprint density at radius 3 is 2.35 bits per heavy atom. The molecule has 62 heavy (non-hydrogen) atoms. The van der Waals surface area contributed by atoms with Gasteiger partial charge in [0.25, 0.3) is 0 Å². The molecule has 1 aliphatic carbocycles. The van der Waals surface area contributed by atoms with Crippen LogP contribution in [0.3, 0.4) is 0 Å². The van der Waals surface area contributed by atoms with Crippen LogP contribution in [-0.4, -0.2) is 139 Å². The summed E-state index contributed by atoms with van der Waals surface area (Å²) in [6.45, 7) is 4.76. The van der Waals surface area contributed by atoms with E-state index in [1.165, 1.54) is 17.2 Å². The molecule has 1 aromatic carbocycles. The number of amides is 3. The molecule has 320 valence electrons. The van der Waals surface area contributed by atoms with Gasteiger partial charge in [0.1, 0.15) is 34.8 Å². The Labute approximate surface area is 355 Å². The number of nitrogens with one attached hydrogen (secondary N) is 2. The Bertz CT molecular complexity index is 2540. The number of piperidine rings is 1. The van der Waals surface area contributed by atoms with Gasteiger partial charge in [-0.1, -0.05) is 0 Å². The highest BCUT2D eigenvalue weighted by Crippen LogP contribution is 2.35. The van der Waals surface area contributed by atoms with Crippen LogP contribution in [0.25, 0.3) is 28.0 Å². The molecular formula is C43H46FN13O5. The molecule has 3 atom stereocenters. The number of carbonyl (C=O) groups excluding carboxylic acids is 2. The van der Waals surface area contributed by atoms with Gasteiger partial charge in [-0.3, -0.25) is 29.4 Å².